The molecule has 7 heteroatoms. The van der Waals surface area contributed by atoms with E-state index in [1.165, 1.54) is 7.05 Å². The number of carbonyl (C=O) groups is 2. The Morgan fingerprint density at radius 1 is 1.33 bits per heavy atom. The Hall–Kier alpha value is -1.11. The summed E-state index contributed by atoms with van der Waals surface area (Å²) in [6.07, 6.45) is -0.434. The highest BCUT2D eigenvalue weighted by molar-refractivity contribution is 7.59. The minimum absolute atomic E-state index is 0. The molecule has 0 bridgehead atoms. The highest BCUT2D eigenvalue weighted by Gasteiger charge is 2.31. The molecule has 2 amide bonds. The van der Waals surface area contributed by atoms with Crippen LogP contribution in [0.4, 0.5) is 9.59 Å². The first-order valence-electron chi connectivity index (χ1n) is 5.68. The Labute approximate surface area is 114 Å². The maximum absolute atomic E-state index is 11.7. The third-order valence-corrected chi connectivity index (χ3v) is 2.27. The van der Waals surface area contributed by atoms with E-state index in [9.17, 15) is 9.59 Å². The number of amides is 2. The van der Waals surface area contributed by atoms with Gasteiger partial charge in [-0.3, -0.25) is 0 Å². The number of rotatable bonds is 1. The molecule has 1 aliphatic rings. The Balaban J connectivity index is 0.00000289. The smallest absolute Gasteiger partial charge is 0.410 e. The molecule has 1 heterocycles. The average Bonchev–Trinajstić information content (AvgIpc) is 2.63. The SMILES string of the molecule is CNC(=O)O[C@H]1CCN(C(=O)OC(C)(C)C)C1.S. The summed E-state index contributed by atoms with van der Waals surface area (Å²) < 4.78 is 10.3. The fourth-order valence-corrected chi connectivity index (χ4v) is 1.53. The van der Waals surface area contributed by atoms with Crippen LogP contribution < -0.4 is 5.32 Å². The van der Waals surface area contributed by atoms with E-state index in [0.29, 0.717) is 19.5 Å². The number of ether oxygens (including phenoxy) is 2. The van der Waals surface area contributed by atoms with Gasteiger partial charge >= 0.3 is 12.2 Å². The largest absolute Gasteiger partial charge is 0.444 e. The molecular formula is C11H22N2O4S. The van der Waals surface area contributed by atoms with Crippen LogP contribution in [0.15, 0.2) is 0 Å². The summed E-state index contributed by atoms with van der Waals surface area (Å²) in [5, 5.41) is 2.38. The molecule has 106 valence electrons. The standard InChI is InChI=1S/C11H20N2O4.H2S/c1-11(2,3)17-10(15)13-6-5-8(7-13)16-9(14)12-4;/h8H,5-7H2,1-4H3,(H,12,14);1H2/t8-;/m0./s1. The first kappa shape index (κ1) is 16.9. The van der Waals surface area contributed by atoms with E-state index < -0.39 is 11.7 Å². The second-order valence-electron chi connectivity index (χ2n) is 4.99. The van der Waals surface area contributed by atoms with E-state index in [2.05, 4.69) is 5.32 Å². The fourth-order valence-electron chi connectivity index (χ4n) is 1.53. The van der Waals surface area contributed by atoms with Crippen molar-refractivity contribution in [2.45, 2.75) is 38.9 Å². The number of hydrogen-bond donors (Lipinski definition) is 1. The summed E-state index contributed by atoms with van der Waals surface area (Å²) in [5.74, 6) is 0. The van der Waals surface area contributed by atoms with Crippen molar-refractivity contribution in [2.24, 2.45) is 0 Å². The molecule has 0 aliphatic carbocycles. The molecule has 0 aromatic carbocycles. The van der Waals surface area contributed by atoms with Crippen LogP contribution in [-0.4, -0.2) is 48.9 Å². The quantitative estimate of drug-likeness (QED) is 0.788. The Bertz CT molecular complexity index is 304. The predicted molar refractivity (Wildman–Crippen MR) is 72.1 cm³/mol. The van der Waals surface area contributed by atoms with Crippen molar-refractivity contribution in [1.29, 1.82) is 0 Å². The maximum atomic E-state index is 11.7. The van der Waals surface area contributed by atoms with Gasteiger partial charge in [0.05, 0.1) is 6.54 Å². The fraction of sp³-hybridized carbons (Fsp3) is 0.818. The monoisotopic (exact) mass is 278 g/mol. The van der Waals surface area contributed by atoms with Crippen molar-refractivity contribution in [3.8, 4) is 0 Å². The second-order valence-corrected chi connectivity index (χ2v) is 4.99. The van der Waals surface area contributed by atoms with Gasteiger partial charge in [0.15, 0.2) is 0 Å². The number of nitrogens with zero attached hydrogens (tertiary/aromatic N) is 1. The van der Waals surface area contributed by atoms with Crippen LogP contribution in [-0.2, 0) is 9.47 Å². The highest BCUT2D eigenvalue weighted by Crippen LogP contribution is 2.17. The van der Waals surface area contributed by atoms with E-state index in [-0.39, 0.29) is 25.7 Å². The number of carbonyl (C=O) groups excluding carboxylic acids is 2. The first-order chi connectivity index (χ1) is 7.81. The normalized spacial score (nSPS) is 18.9. The van der Waals surface area contributed by atoms with Crippen LogP contribution in [0.5, 0.6) is 0 Å². The molecular weight excluding hydrogens is 256 g/mol. The highest BCUT2D eigenvalue weighted by atomic mass is 32.1. The third kappa shape index (κ3) is 5.48. The molecule has 1 atom stereocenters. The van der Waals surface area contributed by atoms with Crippen LogP contribution in [0.1, 0.15) is 27.2 Å². The first-order valence-corrected chi connectivity index (χ1v) is 5.68. The number of hydrogen-bond acceptors (Lipinski definition) is 4. The van der Waals surface area contributed by atoms with Crippen LogP contribution in [0.2, 0.25) is 0 Å². The predicted octanol–water partition coefficient (Wildman–Crippen LogP) is 1.46. The van der Waals surface area contributed by atoms with Crippen molar-refractivity contribution >= 4 is 25.7 Å². The zero-order chi connectivity index (χ0) is 13.1. The summed E-state index contributed by atoms with van der Waals surface area (Å²) in [6.45, 7) is 6.40. The van der Waals surface area contributed by atoms with Crippen LogP contribution in [0, 0.1) is 0 Å². The summed E-state index contributed by atoms with van der Waals surface area (Å²) in [5.41, 5.74) is -0.503. The van der Waals surface area contributed by atoms with E-state index in [1.807, 2.05) is 20.8 Å². The van der Waals surface area contributed by atoms with E-state index >= 15 is 0 Å². The third-order valence-electron chi connectivity index (χ3n) is 2.27. The van der Waals surface area contributed by atoms with E-state index in [4.69, 9.17) is 9.47 Å². The molecule has 1 aliphatic heterocycles. The molecule has 1 fully saturated rings. The maximum Gasteiger partial charge on any atom is 0.410 e. The van der Waals surface area contributed by atoms with Gasteiger partial charge in [-0.2, -0.15) is 13.5 Å². The molecule has 0 aromatic rings. The van der Waals surface area contributed by atoms with Crippen molar-refractivity contribution in [3.63, 3.8) is 0 Å². The van der Waals surface area contributed by atoms with Crippen LogP contribution in [0.25, 0.3) is 0 Å². The van der Waals surface area contributed by atoms with Gasteiger partial charge in [-0.05, 0) is 20.8 Å². The Kier molecular flexibility index (Phi) is 6.31. The number of alkyl carbamates (subject to hydrolysis) is 1. The van der Waals surface area contributed by atoms with Crippen molar-refractivity contribution in [1.82, 2.24) is 10.2 Å². The lowest BCUT2D eigenvalue weighted by atomic mass is 10.2. The van der Waals surface area contributed by atoms with E-state index in [1.54, 1.807) is 4.90 Å². The molecule has 0 aromatic heterocycles. The van der Waals surface area contributed by atoms with Crippen LogP contribution >= 0.6 is 13.5 Å². The van der Waals surface area contributed by atoms with Crippen molar-refractivity contribution in [2.75, 3.05) is 20.1 Å². The van der Waals surface area contributed by atoms with Crippen molar-refractivity contribution < 1.29 is 19.1 Å². The van der Waals surface area contributed by atoms with Gasteiger partial charge in [0, 0.05) is 20.0 Å². The minimum atomic E-state index is -0.503. The number of likely N-dealkylation sites (tertiary alicyclic amines) is 1. The van der Waals surface area contributed by atoms with Gasteiger partial charge in [0.25, 0.3) is 0 Å². The molecule has 0 unspecified atom stereocenters. The van der Waals surface area contributed by atoms with Gasteiger partial charge in [0.1, 0.15) is 11.7 Å². The lowest BCUT2D eigenvalue weighted by Gasteiger charge is -2.24. The minimum Gasteiger partial charge on any atom is -0.444 e. The van der Waals surface area contributed by atoms with Gasteiger partial charge in [-0.1, -0.05) is 0 Å². The lowest BCUT2D eigenvalue weighted by Crippen LogP contribution is -2.36. The molecule has 1 saturated heterocycles. The van der Waals surface area contributed by atoms with E-state index in [0.717, 1.165) is 0 Å². The van der Waals surface area contributed by atoms with Gasteiger partial charge < -0.3 is 19.7 Å². The average molecular weight is 278 g/mol. The van der Waals surface area contributed by atoms with Gasteiger partial charge in [-0.25, -0.2) is 9.59 Å². The molecule has 18 heavy (non-hydrogen) atoms. The molecule has 0 radical (unpaired) electrons. The Morgan fingerprint density at radius 2 is 1.94 bits per heavy atom. The topological polar surface area (TPSA) is 67.9 Å². The lowest BCUT2D eigenvalue weighted by molar-refractivity contribution is 0.0259. The van der Waals surface area contributed by atoms with Crippen LogP contribution in [0.3, 0.4) is 0 Å². The molecule has 0 spiro atoms. The van der Waals surface area contributed by atoms with Gasteiger partial charge in [-0.15, -0.1) is 0 Å². The van der Waals surface area contributed by atoms with Crippen molar-refractivity contribution in [3.05, 3.63) is 0 Å². The summed E-state index contributed by atoms with van der Waals surface area (Å²) in [4.78, 5) is 24.3. The zero-order valence-electron chi connectivity index (χ0n) is 11.3. The molecule has 1 rings (SSSR count). The number of nitrogens with one attached hydrogen (secondary N) is 1. The Morgan fingerprint density at radius 3 is 2.44 bits per heavy atom. The molecule has 0 saturated carbocycles. The summed E-state index contributed by atoms with van der Waals surface area (Å²) >= 11 is 0. The summed E-state index contributed by atoms with van der Waals surface area (Å²) in [7, 11) is 1.50. The summed E-state index contributed by atoms with van der Waals surface area (Å²) in [6, 6.07) is 0. The molecule has 6 nitrogen and oxygen atoms in total. The zero-order valence-corrected chi connectivity index (χ0v) is 12.3. The molecule has 1 N–H and O–H groups in total. The second kappa shape index (κ2) is 6.72. The van der Waals surface area contributed by atoms with Gasteiger partial charge in [0.2, 0.25) is 0 Å².